The van der Waals surface area contributed by atoms with E-state index in [1.54, 1.807) is 6.26 Å². The third kappa shape index (κ3) is 3.66. The Kier molecular flexibility index (Phi) is 4.71. The number of rotatable bonds is 6. The van der Waals surface area contributed by atoms with Crippen LogP contribution in [-0.4, -0.2) is 22.7 Å². The zero-order chi connectivity index (χ0) is 13.7. The van der Waals surface area contributed by atoms with Gasteiger partial charge in [-0.15, -0.1) is 0 Å². The summed E-state index contributed by atoms with van der Waals surface area (Å²) in [5.74, 6) is 0.633. The highest BCUT2D eigenvalue weighted by molar-refractivity contribution is 5.53. The molecule has 0 aliphatic heterocycles. The van der Waals surface area contributed by atoms with E-state index in [2.05, 4.69) is 17.2 Å². The Hall–Kier alpha value is -1.65. The van der Waals surface area contributed by atoms with Crippen LogP contribution in [0.2, 0.25) is 0 Å². The van der Waals surface area contributed by atoms with Crippen LogP contribution in [-0.2, 0) is 6.54 Å². The topological polar surface area (TPSA) is 58.3 Å². The summed E-state index contributed by atoms with van der Waals surface area (Å²) in [6, 6.07) is 8.19. The highest BCUT2D eigenvalue weighted by Crippen LogP contribution is 2.19. The number of hydrogen-bond acceptors (Lipinski definition) is 4. The molecule has 1 atom stereocenters. The van der Waals surface area contributed by atoms with Gasteiger partial charge >= 0.3 is 0 Å². The quantitative estimate of drug-likeness (QED) is 0.838. The second-order valence-corrected chi connectivity index (χ2v) is 4.68. The van der Waals surface area contributed by atoms with Gasteiger partial charge in [-0.05, 0) is 25.5 Å². The van der Waals surface area contributed by atoms with Crippen molar-refractivity contribution in [1.29, 1.82) is 0 Å². The largest absolute Gasteiger partial charge is 0.444 e. The summed E-state index contributed by atoms with van der Waals surface area (Å²) in [6.45, 7) is 4.83. The van der Waals surface area contributed by atoms with E-state index in [9.17, 15) is 0 Å². The van der Waals surface area contributed by atoms with E-state index in [1.807, 2.05) is 31.2 Å². The molecule has 0 aliphatic rings. The monoisotopic (exact) mass is 260 g/mol. The molecule has 2 N–H and O–H groups in total. The highest BCUT2D eigenvalue weighted by Gasteiger charge is 2.08. The number of aliphatic hydroxyl groups excluding tert-OH is 1. The molecule has 0 aliphatic carbocycles. The average molecular weight is 260 g/mol. The number of hydrogen-bond donors (Lipinski definition) is 2. The van der Waals surface area contributed by atoms with Crippen molar-refractivity contribution in [2.45, 2.75) is 32.9 Å². The van der Waals surface area contributed by atoms with E-state index in [-0.39, 0.29) is 12.6 Å². The van der Waals surface area contributed by atoms with Gasteiger partial charge in [-0.2, -0.15) is 0 Å². The molecular weight excluding hydrogens is 240 g/mol. The Morgan fingerprint density at radius 3 is 2.68 bits per heavy atom. The van der Waals surface area contributed by atoms with Crippen molar-refractivity contribution in [2.24, 2.45) is 0 Å². The van der Waals surface area contributed by atoms with Gasteiger partial charge in [-0.3, -0.25) is 0 Å². The van der Waals surface area contributed by atoms with Crippen LogP contribution in [0.4, 0.5) is 0 Å². The normalized spacial score (nSPS) is 12.6. The summed E-state index contributed by atoms with van der Waals surface area (Å²) < 4.78 is 5.48. The molecule has 0 spiro atoms. The van der Waals surface area contributed by atoms with Crippen LogP contribution < -0.4 is 5.32 Å². The van der Waals surface area contributed by atoms with Crippen molar-refractivity contribution < 1.29 is 9.52 Å². The van der Waals surface area contributed by atoms with Gasteiger partial charge < -0.3 is 14.8 Å². The first-order chi connectivity index (χ1) is 9.22. The Morgan fingerprint density at radius 2 is 2.05 bits per heavy atom. The van der Waals surface area contributed by atoms with E-state index in [0.717, 1.165) is 17.7 Å². The number of aliphatic hydroxyl groups is 1. The summed E-state index contributed by atoms with van der Waals surface area (Å²) in [5.41, 5.74) is 3.04. The van der Waals surface area contributed by atoms with Gasteiger partial charge in [0.1, 0.15) is 6.26 Å². The molecule has 102 valence electrons. The SMILES string of the molecule is CCC(CO)NCc1coc(-c2ccc(C)cc2)n1. The van der Waals surface area contributed by atoms with Gasteiger partial charge in [0.05, 0.1) is 12.3 Å². The predicted molar refractivity (Wildman–Crippen MR) is 74.7 cm³/mol. The first kappa shape index (κ1) is 13.8. The lowest BCUT2D eigenvalue weighted by Gasteiger charge is -2.11. The average Bonchev–Trinajstić information content (AvgIpc) is 2.89. The zero-order valence-corrected chi connectivity index (χ0v) is 11.4. The smallest absolute Gasteiger partial charge is 0.226 e. The molecule has 0 bridgehead atoms. The van der Waals surface area contributed by atoms with Crippen LogP contribution in [0.5, 0.6) is 0 Å². The lowest BCUT2D eigenvalue weighted by molar-refractivity contribution is 0.238. The molecule has 19 heavy (non-hydrogen) atoms. The molecule has 1 heterocycles. The zero-order valence-electron chi connectivity index (χ0n) is 11.4. The minimum atomic E-state index is 0.111. The maximum atomic E-state index is 9.11. The second kappa shape index (κ2) is 6.50. The molecule has 1 aromatic carbocycles. The maximum absolute atomic E-state index is 9.11. The Labute approximate surface area is 113 Å². The van der Waals surface area contributed by atoms with Gasteiger partial charge in [0.2, 0.25) is 5.89 Å². The van der Waals surface area contributed by atoms with Gasteiger partial charge in [-0.25, -0.2) is 4.98 Å². The fourth-order valence-electron chi connectivity index (χ4n) is 1.80. The number of oxazole rings is 1. The molecule has 2 rings (SSSR count). The van der Waals surface area contributed by atoms with Crippen molar-refractivity contribution in [3.63, 3.8) is 0 Å². The summed E-state index contributed by atoms with van der Waals surface area (Å²) in [7, 11) is 0. The van der Waals surface area contributed by atoms with E-state index in [4.69, 9.17) is 9.52 Å². The Balaban J connectivity index is 2.01. The van der Waals surface area contributed by atoms with Crippen LogP contribution in [0, 0.1) is 6.92 Å². The number of aryl methyl sites for hydroxylation is 1. The fourth-order valence-corrected chi connectivity index (χ4v) is 1.80. The number of benzene rings is 1. The number of aromatic nitrogens is 1. The number of nitrogens with one attached hydrogen (secondary N) is 1. The van der Waals surface area contributed by atoms with Gasteiger partial charge in [0, 0.05) is 18.2 Å². The van der Waals surface area contributed by atoms with Crippen molar-refractivity contribution in [3.05, 3.63) is 41.8 Å². The lowest BCUT2D eigenvalue weighted by Crippen LogP contribution is -2.31. The molecule has 0 amide bonds. The predicted octanol–water partition coefficient (Wildman–Crippen LogP) is 2.51. The van der Waals surface area contributed by atoms with Gasteiger partial charge in [0.25, 0.3) is 0 Å². The summed E-state index contributed by atoms with van der Waals surface area (Å²) in [5, 5.41) is 12.3. The molecule has 2 aromatic rings. The molecule has 0 saturated heterocycles. The van der Waals surface area contributed by atoms with Crippen LogP contribution >= 0.6 is 0 Å². The molecule has 4 heteroatoms. The summed E-state index contributed by atoms with van der Waals surface area (Å²) in [6.07, 6.45) is 2.55. The van der Waals surface area contributed by atoms with Crippen LogP contribution in [0.15, 0.2) is 34.9 Å². The van der Waals surface area contributed by atoms with E-state index < -0.39 is 0 Å². The summed E-state index contributed by atoms with van der Waals surface area (Å²) >= 11 is 0. The first-order valence-corrected chi connectivity index (χ1v) is 6.58. The highest BCUT2D eigenvalue weighted by atomic mass is 16.3. The van der Waals surface area contributed by atoms with Crippen molar-refractivity contribution in [2.75, 3.05) is 6.61 Å². The standard InChI is InChI=1S/C15H20N2O2/c1-3-13(9-18)16-8-14-10-19-15(17-14)12-6-4-11(2)5-7-12/h4-7,10,13,16,18H,3,8-9H2,1-2H3. The molecule has 0 saturated carbocycles. The molecule has 0 radical (unpaired) electrons. The maximum Gasteiger partial charge on any atom is 0.226 e. The third-order valence-corrected chi connectivity index (χ3v) is 3.14. The molecule has 1 aromatic heterocycles. The summed E-state index contributed by atoms with van der Waals surface area (Å²) in [4.78, 5) is 4.44. The Morgan fingerprint density at radius 1 is 1.32 bits per heavy atom. The van der Waals surface area contributed by atoms with E-state index in [0.29, 0.717) is 12.4 Å². The van der Waals surface area contributed by atoms with E-state index in [1.165, 1.54) is 5.56 Å². The van der Waals surface area contributed by atoms with Gasteiger partial charge in [0.15, 0.2) is 0 Å². The third-order valence-electron chi connectivity index (χ3n) is 3.14. The van der Waals surface area contributed by atoms with E-state index >= 15 is 0 Å². The van der Waals surface area contributed by atoms with Crippen molar-refractivity contribution >= 4 is 0 Å². The van der Waals surface area contributed by atoms with Crippen LogP contribution in [0.25, 0.3) is 11.5 Å². The molecule has 4 nitrogen and oxygen atoms in total. The van der Waals surface area contributed by atoms with Crippen molar-refractivity contribution in [3.8, 4) is 11.5 Å². The van der Waals surface area contributed by atoms with Gasteiger partial charge in [-0.1, -0.05) is 24.6 Å². The molecular formula is C15H20N2O2. The van der Waals surface area contributed by atoms with Crippen LogP contribution in [0.1, 0.15) is 24.6 Å². The minimum Gasteiger partial charge on any atom is -0.444 e. The lowest BCUT2D eigenvalue weighted by atomic mass is 10.1. The first-order valence-electron chi connectivity index (χ1n) is 6.58. The Bertz CT molecular complexity index is 501. The second-order valence-electron chi connectivity index (χ2n) is 4.68. The minimum absolute atomic E-state index is 0.111. The molecule has 0 fully saturated rings. The van der Waals surface area contributed by atoms with Crippen molar-refractivity contribution in [1.82, 2.24) is 10.3 Å². The number of nitrogens with zero attached hydrogens (tertiary/aromatic N) is 1. The van der Waals surface area contributed by atoms with Crippen LogP contribution in [0.3, 0.4) is 0 Å². The molecule has 1 unspecified atom stereocenters. The fraction of sp³-hybridized carbons (Fsp3) is 0.400.